The van der Waals surface area contributed by atoms with Crippen LogP contribution in [0, 0.1) is 12.3 Å². The summed E-state index contributed by atoms with van der Waals surface area (Å²) >= 11 is 0. The number of aryl methyl sites for hydroxylation is 1. The van der Waals surface area contributed by atoms with Crippen LogP contribution in [-0.2, 0) is 24.3 Å². The second kappa shape index (κ2) is 12.4. The number of methoxy groups -OCH3 is 1. The van der Waals surface area contributed by atoms with E-state index in [1.54, 1.807) is 45.0 Å². The number of hydrogen-bond acceptors (Lipinski definition) is 8. The molecule has 1 atom stereocenters. The highest BCUT2D eigenvalue weighted by atomic mass is 32.2. The second-order valence-electron chi connectivity index (χ2n) is 11.8. The Balaban J connectivity index is 1.29. The Kier molecular flexibility index (Phi) is 8.83. The summed E-state index contributed by atoms with van der Waals surface area (Å²) in [6, 6.07) is 18.4. The fraction of sp³-hybridized carbons (Fsp3) is 0.333. The molecule has 1 saturated heterocycles. The van der Waals surface area contributed by atoms with Crippen LogP contribution in [0.1, 0.15) is 36.9 Å². The molecule has 1 aliphatic rings. The maximum Gasteiger partial charge on any atom is 0.324 e. The van der Waals surface area contributed by atoms with E-state index in [9.17, 15) is 18.0 Å². The van der Waals surface area contributed by atoms with E-state index in [2.05, 4.69) is 14.9 Å². The van der Waals surface area contributed by atoms with Gasteiger partial charge >= 0.3 is 5.97 Å². The Labute approximate surface area is 257 Å². The molecule has 3 aromatic carbocycles. The number of esters is 1. The maximum absolute atomic E-state index is 13.2. The number of ether oxygens (including phenoxy) is 2. The quantitative estimate of drug-likeness (QED) is 0.252. The van der Waals surface area contributed by atoms with Crippen LogP contribution in [0.15, 0.2) is 76.0 Å². The number of benzene rings is 3. The van der Waals surface area contributed by atoms with Crippen LogP contribution in [0.4, 0.5) is 11.4 Å². The summed E-state index contributed by atoms with van der Waals surface area (Å²) < 4.78 is 44.8. The molecule has 0 aliphatic carbocycles. The predicted octanol–water partition coefficient (Wildman–Crippen LogP) is 5.36. The van der Waals surface area contributed by atoms with Gasteiger partial charge < -0.3 is 24.1 Å². The van der Waals surface area contributed by atoms with Gasteiger partial charge in [-0.3, -0.25) is 9.59 Å². The molecule has 11 heteroatoms. The van der Waals surface area contributed by atoms with Crippen molar-refractivity contribution in [2.45, 2.75) is 38.6 Å². The number of nitrogens with zero attached hydrogens (tertiary/aromatic N) is 1. The molecule has 1 amide bonds. The van der Waals surface area contributed by atoms with E-state index in [0.29, 0.717) is 24.5 Å². The predicted molar refractivity (Wildman–Crippen MR) is 169 cm³/mol. The van der Waals surface area contributed by atoms with E-state index in [1.165, 1.54) is 19.2 Å². The number of carbonyl (C=O) groups excluding carboxylic acids is 2. The van der Waals surface area contributed by atoms with Gasteiger partial charge in [-0.1, -0.05) is 51.1 Å². The number of furan rings is 1. The van der Waals surface area contributed by atoms with Gasteiger partial charge in [-0.15, -0.1) is 0 Å². The average molecular weight is 620 g/mol. The van der Waals surface area contributed by atoms with Gasteiger partial charge in [0.2, 0.25) is 10.0 Å². The third-order valence-corrected chi connectivity index (χ3v) is 9.15. The van der Waals surface area contributed by atoms with E-state index in [0.717, 1.165) is 40.9 Å². The van der Waals surface area contributed by atoms with Gasteiger partial charge in [-0.05, 0) is 59.9 Å². The van der Waals surface area contributed by atoms with Crippen LogP contribution in [0.5, 0.6) is 0 Å². The van der Waals surface area contributed by atoms with E-state index in [4.69, 9.17) is 13.9 Å². The number of anilines is 2. The number of sulfonamides is 1. The van der Waals surface area contributed by atoms with E-state index >= 15 is 0 Å². The lowest BCUT2D eigenvalue weighted by atomic mass is 9.87. The number of morpholine rings is 1. The molecule has 0 bridgehead atoms. The zero-order valence-corrected chi connectivity index (χ0v) is 26.3. The Morgan fingerprint density at radius 1 is 0.932 bits per heavy atom. The minimum Gasteiger partial charge on any atom is -0.468 e. The van der Waals surface area contributed by atoms with Crippen molar-refractivity contribution >= 4 is 44.2 Å². The van der Waals surface area contributed by atoms with Gasteiger partial charge in [0.05, 0.1) is 25.2 Å². The summed E-state index contributed by atoms with van der Waals surface area (Å²) in [6.07, 6.45) is 0. The van der Waals surface area contributed by atoms with Crippen molar-refractivity contribution in [3.63, 3.8) is 0 Å². The number of amides is 1. The van der Waals surface area contributed by atoms with E-state index < -0.39 is 27.4 Å². The molecule has 44 heavy (non-hydrogen) atoms. The lowest BCUT2D eigenvalue weighted by molar-refractivity contribution is -0.145. The smallest absolute Gasteiger partial charge is 0.324 e. The SMILES string of the molecule is COC(=O)[C@@H](NS(=O)(=O)c1ccc(-c2ccc(NC(=O)c3oc4cccc(N5CCOCC5)c4c3C)cc2)cc1)C(C)(C)C. The van der Waals surface area contributed by atoms with Crippen molar-refractivity contribution in [2.75, 3.05) is 43.6 Å². The second-order valence-corrected chi connectivity index (χ2v) is 13.5. The summed E-state index contributed by atoms with van der Waals surface area (Å²) in [4.78, 5) is 27.8. The highest BCUT2D eigenvalue weighted by molar-refractivity contribution is 7.89. The standard InChI is InChI=1S/C33H37N3O7S/c1-21-28-26(36-17-19-42-20-18-36)7-6-8-27(28)43-29(21)31(37)34-24-13-9-22(10-14-24)23-11-15-25(16-12-23)44(39,40)35-30(32(38)41-5)33(2,3)4/h6-16,30,35H,17-20H2,1-5H3,(H,34,37)/t30-/m1/s1. The first kappa shape index (κ1) is 31.2. The molecule has 0 radical (unpaired) electrons. The molecule has 1 aliphatic heterocycles. The summed E-state index contributed by atoms with van der Waals surface area (Å²) in [5.41, 5.74) is 3.98. The molecule has 1 aromatic heterocycles. The van der Waals surface area contributed by atoms with Crippen LogP contribution in [0.2, 0.25) is 0 Å². The zero-order chi connectivity index (χ0) is 31.6. The first-order valence-corrected chi connectivity index (χ1v) is 15.8. The van der Waals surface area contributed by atoms with Crippen molar-refractivity contribution in [1.82, 2.24) is 4.72 Å². The number of carbonyl (C=O) groups is 2. The molecule has 0 saturated carbocycles. The summed E-state index contributed by atoms with van der Waals surface area (Å²) in [6.45, 7) is 10.0. The van der Waals surface area contributed by atoms with E-state index in [1.807, 2.05) is 37.3 Å². The average Bonchev–Trinajstić information content (AvgIpc) is 3.36. The van der Waals surface area contributed by atoms with Gasteiger partial charge in [-0.2, -0.15) is 4.72 Å². The highest BCUT2D eigenvalue weighted by Gasteiger charge is 2.36. The molecule has 2 N–H and O–H groups in total. The molecule has 2 heterocycles. The van der Waals surface area contributed by atoms with Crippen LogP contribution in [0.3, 0.4) is 0 Å². The van der Waals surface area contributed by atoms with Gasteiger partial charge in [0.1, 0.15) is 11.6 Å². The maximum atomic E-state index is 13.2. The van der Waals surface area contributed by atoms with Gasteiger partial charge in [0.15, 0.2) is 5.76 Å². The summed E-state index contributed by atoms with van der Waals surface area (Å²) in [7, 11) is -2.76. The first-order chi connectivity index (χ1) is 20.9. The minimum atomic E-state index is -3.98. The molecule has 4 aromatic rings. The van der Waals surface area contributed by atoms with Crippen LogP contribution in [-0.4, -0.2) is 59.7 Å². The third kappa shape index (κ3) is 6.50. The lowest BCUT2D eigenvalue weighted by Crippen LogP contribution is -2.49. The molecular weight excluding hydrogens is 582 g/mol. The van der Waals surface area contributed by atoms with Crippen molar-refractivity contribution in [1.29, 1.82) is 0 Å². The van der Waals surface area contributed by atoms with Crippen molar-refractivity contribution < 1.29 is 31.9 Å². The number of rotatable bonds is 8. The normalized spacial score (nSPS) is 14.8. The largest absolute Gasteiger partial charge is 0.468 e. The Bertz CT molecular complexity index is 1770. The Hall–Kier alpha value is -4.19. The monoisotopic (exact) mass is 619 g/mol. The molecule has 1 fully saturated rings. The summed E-state index contributed by atoms with van der Waals surface area (Å²) in [5.74, 6) is -0.740. The number of hydrogen-bond donors (Lipinski definition) is 2. The highest BCUT2D eigenvalue weighted by Crippen LogP contribution is 2.35. The van der Waals surface area contributed by atoms with Crippen LogP contribution < -0.4 is 14.9 Å². The zero-order valence-electron chi connectivity index (χ0n) is 25.5. The fourth-order valence-corrected chi connectivity index (χ4v) is 6.64. The fourth-order valence-electron chi connectivity index (χ4n) is 5.25. The van der Waals surface area contributed by atoms with Gasteiger partial charge in [0.25, 0.3) is 5.91 Å². The third-order valence-electron chi connectivity index (χ3n) is 7.71. The van der Waals surface area contributed by atoms with Gasteiger partial charge in [-0.25, -0.2) is 8.42 Å². The number of fused-ring (bicyclic) bond motifs is 1. The first-order valence-electron chi connectivity index (χ1n) is 14.4. The molecule has 0 spiro atoms. The molecule has 232 valence electrons. The van der Waals surface area contributed by atoms with Gasteiger partial charge in [0, 0.05) is 35.4 Å². The molecule has 0 unspecified atom stereocenters. The molecule has 10 nitrogen and oxygen atoms in total. The van der Waals surface area contributed by atoms with Crippen LogP contribution >= 0.6 is 0 Å². The minimum absolute atomic E-state index is 0.0290. The molecular formula is C33H37N3O7S. The Morgan fingerprint density at radius 3 is 2.14 bits per heavy atom. The van der Waals surface area contributed by atoms with E-state index in [-0.39, 0.29) is 16.6 Å². The van der Waals surface area contributed by atoms with Crippen LogP contribution in [0.25, 0.3) is 22.1 Å². The Morgan fingerprint density at radius 2 is 1.55 bits per heavy atom. The lowest BCUT2D eigenvalue weighted by Gasteiger charge is -2.29. The summed E-state index contributed by atoms with van der Waals surface area (Å²) in [5, 5.41) is 3.84. The van der Waals surface area contributed by atoms with Crippen molar-refractivity contribution in [2.24, 2.45) is 5.41 Å². The number of nitrogens with one attached hydrogen (secondary N) is 2. The van der Waals surface area contributed by atoms with Crippen molar-refractivity contribution in [3.8, 4) is 11.1 Å². The molecule has 5 rings (SSSR count). The topological polar surface area (TPSA) is 127 Å². The van der Waals surface area contributed by atoms with Crippen molar-refractivity contribution in [3.05, 3.63) is 78.1 Å².